The number of thiophene rings is 1. The van der Waals surface area contributed by atoms with Crippen LogP contribution < -0.4 is 0 Å². The molecular weight excluding hydrogens is 395 g/mol. The first-order valence-corrected chi connectivity index (χ1v) is 10.1. The van der Waals surface area contributed by atoms with Gasteiger partial charge in [-0.25, -0.2) is 4.98 Å². The van der Waals surface area contributed by atoms with Crippen LogP contribution in [0.15, 0.2) is 79.7 Å². The minimum atomic E-state index is 0.550. The molecule has 0 aliphatic carbocycles. The highest BCUT2D eigenvalue weighted by atomic mass is 35.5. The second-order valence-corrected chi connectivity index (χ2v) is 8.20. The first-order chi connectivity index (χ1) is 13.1. The van der Waals surface area contributed by atoms with Crippen molar-refractivity contribution in [1.29, 1.82) is 0 Å². The smallest absolute Gasteiger partial charge is 0.136 e. The largest absolute Gasteiger partial charge is 0.367 e. The van der Waals surface area contributed by atoms with Gasteiger partial charge in [0.25, 0.3) is 0 Å². The fraction of sp³-hybridized carbons (Fsp3) is 0.136. The Morgan fingerprint density at radius 1 is 1.15 bits per heavy atom. The van der Waals surface area contributed by atoms with E-state index in [-0.39, 0.29) is 0 Å². The van der Waals surface area contributed by atoms with Crippen LogP contribution in [0.2, 0.25) is 9.49 Å². The first kappa shape index (κ1) is 19.7. The summed E-state index contributed by atoms with van der Waals surface area (Å²) in [6.45, 7) is 9.64. The Morgan fingerprint density at radius 3 is 2.63 bits per heavy atom. The number of rotatable bonds is 3. The van der Waals surface area contributed by atoms with Crippen molar-refractivity contribution in [2.24, 2.45) is 0 Å². The van der Waals surface area contributed by atoms with Crippen LogP contribution in [0.5, 0.6) is 0 Å². The van der Waals surface area contributed by atoms with Crippen LogP contribution in [0.4, 0.5) is 0 Å². The monoisotopic (exact) mass is 414 g/mol. The molecule has 0 spiro atoms. The normalized spacial score (nSPS) is 12.6. The van der Waals surface area contributed by atoms with Gasteiger partial charge in [-0.15, -0.1) is 11.3 Å². The molecule has 4 rings (SSSR count). The van der Waals surface area contributed by atoms with E-state index in [2.05, 4.69) is 29.1 Å². The molecule has 3 aromatic rings. The molecule has 2 nitrogen and oxygen atoms in total. The van der Waals surface area contributed by atoms with E-state index in [0.29, 0.717) is 5.15 Å². The van der Waals surface area contributed by atoms with E-state index >= 15 is 0 Å². The first-order valence-electron chi connectivity index (χ1n) is 8.58. The molecular formula is C22H20Cl2N2S. The lowest BCUT2D eigenvalue weighted by atomic mass is 10.1. The number of allylic oxidation sites excluding steroid dienone is 1. The second kappa shape index (κ2) is 9.23. The van der Waals surface area contributed by atoms with Crippen molar-refractivity contribution in [1.82, 2.24) is 9.88 Å². The van der Waals surface area contributed by atoms with Gasteiger partial charge in [0.15, 0.2) is 0 Å². The molecule has 0 saturated carbocycles. The minimum absolute atomic E-state index is 0.550. The van der Waals surface area contributed by atoms with Gasteiger partial charge in [0.05, 0.1) is 10.9 Å². The molecule has 0 N–H and O–H groups in total. The molecule has 1 aromatic carbocycles. The second-order valence-electron chi connectivity index (χ2n) is 6.07. The van der Waals surface area contributed by atoms with Gasteiger partial charge in [-0.05, 0) is 41.8 Å². The van der Waals surface area contributed by atoms with Crippen LogP contribution in [0.25, 0.3) is 11.1 Å². The molecule has 3 heterocycles. The Balaban J connectivity index is 0.000000156. The number of hydrogen-bond acceptors (Lipinski definition) is 3. The van der Waals surface area contributed by atoms with Crippen LogP contribution >= 0.6 is 34.5 Å². The average Bonchev–Trinajstić information content (AvgIpc) is 3.08. The Morgan fingerprint density at radius 2 is 1.93 bits per heavy atom. The zero-order valence-corrected chi connectivity index (χ0v) is 17.2. The summed E-state index contributed by atoms with van der Waals surface area (Å²) in [7, 11) is 0. The van der Waals surface area contributed by atoms with E-state index in [0.717, 1.165) is 40.7 Å². The summed E-state index contributed by atoms with van der Waals surface area (Å²) in [4.78, 5) is 7.62. The summed E-state index contributed by atoms with van der Waals surface area (Å²) < 4.78 is 0.890. The molecule has 0 amide bonds. The van der Waals surface area contributed by atoms with Crippen molar-refractivity contribution in [3.8, 4) is 11.1 Å². The highest BCUT2D eigenvalue weighted by molar-refractivity contribution is 7.16. The lowest BCUT2D eigenvalue weighted by Gasteiger charge is -2.28. The van der Waals surface area contributed by atoms with Gasteiger partial charge in [-0.3, -0.25) is 0 Å². The van der Waals surface area contributed by atoms with Crippen molar-refractivity contribution in [3.63, 3.8) is 0 Å². The number of benzene rings is 1. The third-order valence-electron chi connectivity index (χ3n) is 4.34. The molecule has 1 aliphatic rings. The van der Waals surface area contributed by atoms with Gasteiger partial charge in [-0.1, -0.05) is 66.7 Å². The highest BCUT2D eigenvalue weighted by Crippen LogP contribution is 2.32. The lowest BCUT2D eigenvalue weighted by molar-refractivity contribution is 0.338. The molecule has 0 unspecified atom stereocenters. The zero-order valence-electron chi connectivity index (χ0n) is 14.9. The summed E-state index contributed by atoms with van der Waals surface area (Å²) in [5.74, 6) is 0. The minimum Gasteiger partial charge on any atom is -0.367 e. The van der Waals surface area contributed by atoms with E-state index in [1.165, 1.54) is 10.4 Å². The van der Waals surface area contributed by atoms with E-state index in [1.807, 2.05) is 42.5 Å². The number of fused-ring (bicyclic) bond motifs is 1. The Labute approximate surface area is 174 Å². The SMILES string of the molecule is C=CC(=C)N1CCc2cc(Cl)sc2C1.Clc1ncccc1-c1ccccc1. The van der Waals surface area contributed by atoms with Gasteiger partial charge < -0.3 is 4.90 Å². The Hall–Kier alpha value is -2.07. The third kappa shape index (κ3) is 5.01. The van der Waals surface area contributed by atoms with Gasteiger partial charge in [0.2, 0.25) is 0 Å². The fourth-order valence-electron chi connectivity index (χ4n) is 2.88. The van der Waals surface area contributed by atoms with E-state index in [1.54, 1.807) is 23.6 Å². The summed E-state index contributed by atoms with van der Waals surface area (Å²) >= 11 is 13.6. The third-order valence-corrected chi connectivity index (χ3v) is 5.93. The number of nitrogens with zero attached hydrogens (tertiary/aromatic N) is 2. The van der Waals surface area contributed by atoms with Crippen LogP contribution in [-0.4, -0.2) is 16.4 Å². The maximum absolute atomic E-state index is 5.97. The van der Waals surface area contributed by atoms with Crippen LogP contribution in [0.3, 0.4) is 0 Å². The summed E-state index contributed by atoms with van der Waals surface area (Å²) in [5, 5.41) is 0.550. The molecule has 2 aromatic heterocycles. The maximum Gasteiger partial charge on any atom is 0.136 e. The van der Waals surface area contributed by atoms with E-state index in [9.17, 15) is 0 Å². The van der Waals surface area contributed by atoms with Crippen LogP contribution in [0, 0.1) is 0 Å². The van der Waals surface area contributed by atoms with Gasteiger partial charge >= 0.3 is 0 Å². The number of pyridine rings is 1. The average molecular weight is 415 g/mol. The highest BCUT2D eigenvalue weighted by Gasteiger charge is 2.18. The van der Waals surface area contributed by atoms with Crippen molar-refractivity contribution in [2.45, 2.75) is 13.0 Å². The number of aromatic nitrogens is 1. The standard InChI is InChI=1S/C11H12ClNS.C11H8ClN/c1-3-8(2)13-5-4-9-6-11(12)14-10(9)7-13;12-11-10(7-4-8-13-11)9-5-2-1-3-6-9/h3,6H,1-2,4-5,7H2;1-8H. The molecule has 0 atom stereocenters. The number of halogens is 2. The lowest BCUT2D eigenvalue weighted by Crippen LogP contribution is -2.27. The molecule has 0 saturated heterocycles. The molecule has 1 aliphatic heterocycles. The van der Waals surface area contributed by atoms with E-state index < -0.39 is 0 Å². The Kier molecular flexibility index (Phi) is 6.73. The topological polar surface area (TPSA) is 16.1 Å². The van der Waals surface area contributed by atoms with Crippen molar-refractivity contribution < 1.29 is 0 Å². The molecule has 0 fully saturated rings. The van der Waals surface area contributed by atoms with Gasteiger partial charge in [0, 0.05) is 28.9 Å². The summed E-state index contributed by atoms with van der Waals surface area (Å²) in [6.07, 6.45) is 4.56. The molecule has 0 bridgehead atoms. The van der Waals surface area contributed by atoms with Gasteiger partial charge in [0.1, 0.15) is 5.15 Å². The predicted octanol–water partition coefficient (Wildman–Crippen LogP) is 6.86. The fourth-order valence-corrected chi connectivity index (χ4v) is 4.47. The zero-order chi connectivity index (χ0) is 19.2. The Bertz CT molecular complexity index is 934. The summed E-state index contributed by atoms with van der Waals surface area (Å²) in [5.41, 5.74) is 4.47. The van der Waals surface area contributed by atoms with E-state index in [4.69, 9.17) is 23.2 Å². The van der Waals surface area contributed by atoms with Crippen LogP contribution in [0.1, 0.15) is 10.4 Å². The van der Waals surface area contributed by atoms with Crippen molar-refractivity contribution in [3.05, 3.63) is 99.6 Å². The quantitative estimate of drug-likeness (QED) is 0.343. The molecule has 27 heavy (non-hydrogen) atoms. The molecule has 138 valence electrons. The van der Waals surface area contributed by atoms with Crippen LogP contribution in [-0.2, 0) is 13.0 Å². The van der Waals surface area contributed by atoms with Crippen molar-refractivity contribution >= 4 is 34.5 Å². The van der Waals surface area contributed by atoms with Gasteiger partial charge in [-0.2, -0.15) is 0 Å². The molecule has 0 radical (unpaired) electrons. The maximum atomic E-state index is 5.97. The predicted molar refractivity (Wildman–Crippen MR) is 117 cm³/mol. The summed E-state index contributed by atoms with van der Waals surface area (Å²) in [6, 6.07) is 15.9. The number of hydrogen-bond donors (Lipinski definition) is 0. The molecule has 5 heteroatoms. The van der Waals surface area contributed by atoms with Crippen molar-refractivity contribution in [2.75, 3.05) is 6.54 Å².